The standard InChI is InChI=1S/C11H19N3O2S/c1-8-11(6-12-3)9(2)14(13-8)10-4-5-17(15,16)7-10/h10,12H,4-7H2,1-3H3/t10-/m1/s1. The molecule has 1 saturated heterocycles. The van der Waals surface area contributed by atoms with Crippen molar-refractivity contribution < 1.29 is 8.42 Å². The van der Waals surface area contributed by atoms with Gasteiger partial charge in [-0.1, -0.05) is 0 Å². The molecule has 96 valence electrons. The summed E-state index contributed by atoms with van der Waals surface area (Å²) >= 11 is 0. The average molecular weight is 257 g/mol. The van der Waals surface area contributed by atoms with E-state index in [4.69, 9.17) is 0 Å². The number of aromatic nitrogens is 2. The molecule has 5 nitrogen and oxygen atoms in total. The maximum atomic E-state index is 11.5. The predicted octanol–water partition coefficient (Wildman–Crippen LogP) is 0.579. The molecular weight excluding hydrogens is 238 g/mol. The Kier molecular flexibility index (Phi) is 3.27. The van der Waals surface area contributed by atoms with Crippen molar-refractivity contribution in [3.8, 4) is 0 Å². The molecule has 1 aliphatic heterocycles. The molecule has 6 heteroatoms. The molecule has 17 heavy (non-hydrogen) atoms. The van der Waals surface area contributed by atoms with Gasteiger partial charge in [0.2, 0.25) is 0 Å². The van der Waals surface area contributed by atoms with Crippen molar-refractivity contribution in [1.82, 2.24) is 15.1 Å². The van der Waals surface area contributed by atoms with Gasteiger partial charge in [0.25, 0.3) is 0 Å². The van der Waals surface area contributed by atoms with Crippen LogP contribution in [0, 0.1) is 13.8 Å². The fourth-order valence-electron chi connectivity index (χ4n) is 2.45. The van der Waals surface area contributed by atoms with E-state index < -0.39 is 9.84 Å². The SMILES string of the molecule is CNCc1c(C)nn([C@@H]2CCS(=O)(=O)C2)c1C. The van der Waals surface area contributed by atoms with Crippen LogP contribution < -0.4 is 5.32 Å². The quantitative estimate of drug-likeness (QED) is 0.860. The molecule has 1 aromatic heterocycles. The van der Waals surface area contributed by atoms with Crippen LogP contribution in [0.1, 0.15) is 29.4 Å². The van der Waals surface area contributed by atoms with E-state index in [0.29, 0.717) is 6.42 Å². The van der Waals surface area contributed by atoms with Crippen molar-refractivity contribution >= 4 is 9.84 Å². The zero-order chi connectivity index (χ0) is 12.6. The van der Waals surface area contributed by atoms with E-state index in [0.717, 1.165) is 17.9 Å². The monoisotopic (exact) mass is 257 g/mol. The highest BCUT2D eigenvalue weighted by molar-refractivity contribution is 7.91. The van der Waals surface area contributed by atoms with Crippen molar-refractivity contribution in [2.45, 2.75) is 32.9 Å². The number of nitrogens with one attached hydrogen (secondary N) is 1. The molecule has 0 saturated carbocycles. The van der Waals surface area contributed by atoms with Crippen LogP contribution >= 0.6 is 0 Å². The van der Waals surface area contributed by atoms with Crippen LogP contribution in [0.25, 0.3) is 0 Å². The summed E-state index contributed by atoms with van der Waals surface area (Å²) in [4.78, 5) is 0. The Morgan fingerprint density at radius 3 is 2.71 bits per heavy atom. The first-order valence-corrected chi connectivity index (χ1v) is 7.66. The maximum absolute atomic E-state index is 11.5. The van der Waals surface area contributed by atoms with Gasteiger partial charge in [0.05, 0.1) is 23.2 Å². The molecule has 2 heterocycles. The lowest BCUT2D eigenvalue weighted by atomic mass is 10.2. The summed E-state index contributed by atoms with van der Waals surface area (Å²) in [7, 11) is -0.954. The topological polar surface area (TPSA) is 64.0 Å². The molecule has 1 atom stereocenters. The highest BCUT2D eigenvalue weighted by Gasteiger charge is 2.31. The Hall–Kier alpha value is -0.880. The summed E-state index contributed by atoms with van der Waals surface area (Å²) in [5, 5.41) is 7.60. The minimum absolute atomic E-state index is 0.0179. The molecule has 0 aliphatic carbocycles. The van der Waals surface area contributed by atoms with Crippen LogP contribution in [0.15, 0.2) is 0 Å². The van der Waals surface area contributed by atoms with Gasteiger partial charge in [0.15, 0.2) is 9.84 Å². The molecule has 1 aromatic rings. The first-order chi connectivity index (χ1) is 7.94. The second-order valence-corrected chi connectivity index (χ2v) is 6.91. The first-order valence-electron chi connectivity index (χ1n) is 5.84. The molecule has 0 unspecified atom stereocenters. The number of rotatable bonds is 3. The van der Waals surface area contributed by atoms with Gasteiger partial charge in [-0.15, -0.1) is 0 Å². The van der Waals surface area contributed by atoms with Crippen LogP contribution in [0.4, 0.5) is 0 Å². The van der Waals surface area contributed by atoms with E-state index in [2.05, 4.69) is 10.4 Å². The third kappa shape index (κ3) is 2.37. The normalized spacial score (nSPS) is 23.1. The van der Waals surface area contributed by atoms with Crippen LogP contribution in [-0.2, 0) is 16.4 Å². The van der Waals surface area contributed by atoms with Gasteiger partial charge in [0.1, 0.15) is 0 Å². The number of sulfone groups is 1. The Bertz CT molecular complexity index is 519. The van der Waals surface area contributed by atoms with Gasteiger partial charge in [-0.25, -0.2) is 8.42 Å². The highest BCUT2D eigenvalue weighted by atomic mass is 32.2. The summed E-state index contributed by atoms with van der Waals surface area (Å²) in [6.07, 6.45) is 0.684. The first kappa shape index (κ1) is 12.6. The minimum atomic E-state index is -2.85. The van der Waals surface area contributed by atoms with Crippen molar-refractivity contribution in [1.29, 1.82) is 0 Å². The minimum Gasteiger partial charge on any atom is -0.316 e. The van der Waals surface area contributed by atoms with Gasteiger partial charge in [-0.3, -0.25) is 4.68 Å². The zero-order valence-corrected chi connectivity index (χ0v) is 11.3. The van der Waals surface area contributed by atoms with Crippen molar-refractivity contribution in [3.05, 3.63) is 17.0 Å². The highest BCUT2D eigenvalue weighted by Crippen LogP contribution is 2.26. The molecule has 1 N–H and O–H groups in total. The van der Waals surface area contributed by atoms with Crippen LogP contribution in [0.3, 0.4) is 0 Å². The van der Waals surface area contributed by atoms with Gasteiger partial charge in [-0.2, -0.15) is 5.10 Å². The number of hydrogen-bond acceptors (Lipinski definition) is 4. The van der Waals surface area contributed by atoms with Crippen molar-refractivity contribution in [2.24, 2.45) is 0 Å². The average Bonchev–Trinajstić information content (AvgIpc) is 2.73. The zero-order valence-electron chi connectivity index (χ0n) is 10.5. The summed E-state index contributed by atoms with van der Waals surface area (Å²) in [5.74, 6) is 0.519. The van der Waals surface area contributed by atoms with E-state index >= 15 is 0 Å². The molecule has 0 bridgehead atoms. The molecule has 0 amide bonds. The summed E-state index contributed by atoms with van der Waals surface area (Å²) in [6, 6.07) is 0.0179. The molecule has 2 rings (SSSR count). The van der Waals surface area contributed by atoms with Gasteiger partial charge < -0.3 is 5.32 Å². The second kappa shape index (κ2) is 4.42. The number of aryl methyl sites for hydroxylation is 1. The van der Waals surface area contributed by atoms with Crippen molar-refractivity contribution in [2.75, 3.05) is 18.6 Å². The predicted molar refractivity (Wildman–Crippen MR) is 66.8 cm³/mol. The Morgan fingerprint density at radius 2 is 2.18 bits per heavy atom. The van der Waals surface area contributed by atoms with E-state index in [1.807, 2.05) is 25.6 Å². The fourth-order valence-corrected chi connectivity index (χ4v) is 4.15. The molecule has 0 spiro atoms. The lowest BCUT2D eigenvalue weighted by Gasteiger charge is -2.11. The number of hydrogen-bond donors (Lipinski definition) is 1. The lowest BCUT2D eigenvalue weighted by molar-refractivity contribution is 0.485. The fraction of sp³-hybridized carbons (Fsp3) is 0.727. The van der Waals surface area contributed by atoms with E-state index in [-0.39, 0.29) is 17.5 Å². The maximum Gasteiger partial charge on any atom is 0.152 e. The summed E-state index contributed by atoms with van der Waals surface area (Å²) < 4.78 is 24.9. The summed E-state index contributed by atoms with van der Waals surface area (Å²) in [5.41, 5.74) is 3.25. The van der Waals surface area contributed by atoms with Gasteiger partial charge in [0, 0.05) is 17.8 Å². The van der Waals surface area contributed by atoms with Gasteiger partial charge >= 0.3 is 0 Å². The van der Waals surface area contributed by atoms with E-state index in [1.165, 1.54) is 5.56 Å². The smallest absolute Gasteiger partial charge is 0.152 e. The largest absolute Gasteiger partial charge is 0.316 e. The number of nitrogens with zero attached hydrogens (tertiary/aromatic N) is 2. The third-order valence-electron chi connectivity index (χ3n) is 3.38. The molecule has 0 radical (unpaired) electrons. The lowest BCUT2D eigenvalue weighted by Crippen LogP contribution is -2.14. The van der Waals surface area contributed by atoms with Gasteiger partial charge in [-0.05, 0) is 27.3 Å². The van der Waals surface area contributed by atoms with E-state index in [9.17, 15) is 8.42 Å². The summed E-state index contributed by atoms with van der Waals surface area (Å²) in [6.45, 7) is 4.76. The Balaban J connectivity index is 2.31. The van der Waals surface area contributed by atoms with E-state index in [1.54, 1.807) is 0 Å². The van der Waals surface area contributed by atoms with Crippen LogP contribution in [0.2, 0.25) is 0 Å². The Morgan fingerprint density at radius 1 is 1.47 bits per heavy atom. The molecule has 1 aliphatic rings. The second-order valence-electron chi connectivity index (χ2n) is 4.68. The van der Waals surface area contributed by atoms with Crippen molar-refractivity contribution in [3.63, 3.8) is 0 Å². The molecular formula is C11H19N3O2S. The van der Waals surface area contributed by atoms with Crippen LogP contribution in [-0.4, -0.2) is 36.8 Å². The third-order valence-corrected chi connectivity index (χ3v) is 5.13. The Labute approximate surface area is 102 Å². The molecule has 1 fully saturated rings. The van der Waals surface area contributed by atoms with Crippen LogP contribution in [0.5, 0.6) is 0 Å². The molecule has 0 aromatic carbocycles.